The maximum atomic E-state index is 2.21. The van der Waals surface area contributed by atoms with Crippen molar-refractivity contribution in [3.8, 4) is 0 Å². The van der Waals surface area contributed by atoms with Gasteiger partial charge in [-0.2, -0.15) is 35.3 Å². The first kappa shape index (κ1) is 14.1. The van der Waals surface area contributed by atoms with Crippen LogP contribution in [0.5, 0.6) is 0 Å². The number of hydrogen-bond acceptors (Lipinski definition) is 3. The first-order valence-corrected chi connectivity index (χ1v) is 9.00. The van der Waals surface area contributed by atoms with Gasteiger partial charge < -0.3 is 0 Å². The molecular weight excluding hydrogens is 215 g/mol. The highest BCUT2D eigenvalue weighted by molar-refractivity contribution is 7.99. The summed E-state index contributed by atoms with van der Waals surface area (Å²) in [5, 5.41) is 0. The molecular formula is C9H21BS3. The summed E-state index contributed by atoms with van der Waals surface area (Å²) >= 11 is 5.95. The Balaban J connectivity index is 3.47. The van der Waals surface area contributed by atoms with E-state index in [1.165, 1.54) is 36.2 Å². The van der Waals surface area contributed by atoms with E-state index in [1.807, 2.05) is 35.3 Å². The Hall–Kier alpha value is 1.11. The second kappa shape index (κ2) is 11.2. The molecule has 0 amide bonds. The first-order chi connectivity index (χ1) is 6.35. The first-order valence-electron chi connectivity index (χ1n) is 4.82. The molecule has 0 spiro atoms. The molecule has 0 fully saturated rings. The van der Waals surface area contributed by atoms with Crippen LogP contribution in [0.15, 0.2) is 0 Å². The van der Waals surface area contributed by atoms with E-state index in [0.29, 0.717) is 0 Å². The SMILES string of the molecule is CSCCB(CCSC)CCSC. The van der Waals surface area contributed by atoms with Gasteiger partial charge in [-0.25, -0.2) is 0 Å². The van der Waals surface area contributed by atoms with Gasteiger partial charge in [-0.15, -0.1) is 0 Å². The second-order valence-electron chi connectivity index (χ2n) is 3.21. The van der Waals surface area contributed by atoms with Crippen LogP contribution in [-0.4, -0.2) is 42.7 Å². The Morgan fingerprint density at radius 2 is 1.00 bits per heavy atom. The lowest BCUT2D eigenvalue weighted by atomic mass is 9.44. The molecule has 0 unspecified atom stereocenters. The van der Waals surface area contributed by atoms with Crippen LogP contribution in [0.2, 0.25) is 19.0 Å². The lowest BCUT2D eigenvalue weighted by Crippen LogP contribution is -2.15. The van der Waals surface area contributed by atoms with E-state index in [9.17, 15) is 0 Å². The van der Waals surface area contributed by atoms with Crippen molar-refractivity contribution >= 4 is 42.0 Å². The predicted molar refractivity (Wildman–Crippen MR) is 75.3 cm³/mol. The molecule has 0 nitrogen and oxygen atoms in total. The Bertz CT molecular complexity index is 81.8. The average Bonchev–Trinajstić information content (AvgIpc) is 2.17. The number of hydrogen-bond donors (Lipinski definition) is 0. The monoisotopic (exact) mass is 236 g/mol. The topological polar surface area (TPSA) is 0 Å². The largest absolute Gasteiger partial charge is 0.166 e. The van der Waals surface area contributed by atoms with Crippen molar-refractivity contribution in [2.75, 3.05) is 36.0 Å². The van der Waals surface area contributed by atoms with Gasteiger partial charge in [-0.1, -0.05) is 19.0 Å². The molecule has 0 aliphatic carbocycles. The van der Waals surface area contributed by atoms with Crippen molar-refractivity contribution in [3.05, 3.63) is 0 Å². The van der Waals surface area contributed by atoms with Gasteiger partial charge in [0.2, 0.25) is 0 Å². The zero-order chi connectivity index (χ0) is 9.94. The Morgan fingerprint density at radius 3 is 1.23 bits per heavy atom. The number of rotatable bonds is 9. The summed E-state index contributed by atoms with van der Waals surface area (Å²) in [5.74, 6) is 4.02. The van der Waals surface area contributed by atoms with Gasteiger partial charge in [0.25, 0.3) is 0 Å². The van der Waals surface area contributed by atoms with Gasteiger partial charge in [0.1, 0.15) is 6.71 Å². The molecule has 78 valence electrons. The summed E-state index contributed by atoms with van der Waals surface area (Å²) in [6, 6.07) is 0. The van der Waals surface area contributed by atoms with Crippen LogP contribution < -0.4 is 0 Å². The van der Waals surface area contributed by atoms with Gasteiger partial charge >= 0.3 is 0 Å². The molecule has 4 heteroatoms. The minimum absolute atomic E-state index is 0.979. The molecule has 0 atom stereocenters. The van der Waals surface area contributed by atoms with E-state index in [0.717, 1.165) is 6.71 Å². The van der Waals surface area contributed by atoms with Crippen LogP contribution >= 0.6 is 35.3 Å². The van der Waals surface area contributed by atoms with Crippen LogP contribution in [0.25, 0.3) is 0 Å². The van der Waals surface area contributed by atoms with Crippen LogP contribution in [0.4, 0.5) is 0 Å². The molecule has 0 heterocycles. The molecule has 0 aromatic heterocycles. The van der Waals surface area contributed by atoms with Gasteiger partial charge in [0.15, 0.2) is 0 Å². The smallest absolute Gasteiger partial charge is 0.142 e. The normalized spacial score (nSPS) is 10.4. The van der Waals surface area contributed by atoms with E-state index < -0.39 is 0 Å². The van der Waals surface area contributed by atoms with Gasteiger partial charge in [0, 0.05) is 0 Å². The highest BCUT2D eigenvalue weighted by atomic mass is 32.2. The fourth-order valence-corrected chi connectivity index (χ4v) is 2.99. The molecule has 0 aliphatic rings. The second-order valence-corrected chi connectivity index (χ2v) is 6.17. The summed E-state index contributed by atoms with van der Waals surface area (Å²) in [4.78, 5) is 0. The highest BCUT2D eigenvalue weighted by Gasteiger charge is 2.11. The number of thioether (sulfide) groups is 3. The summed E-state index contributed by atoms with van der Waals surface area (Å²) < 4.78 is 0. The highest BCUT2D eigenvalue weighted by Crippen LogP contribution is 2.14. The molecule has 0 radical (unpaired) electrons. The molecule has 0 aliphatic heterocycles. The maximum Gasteiger partial charge on any atom is 0.142 e. The maximum absolute atomic E-state index is 2.21. The zero-order valence-corrected chi connectivity index (χ0v) is 11.5. The Morgan fingerprint density at radius 1 is 0.692 bits per heavy atom. The van der Waals surface area contributed by atoms with Crippen molar-refractivity contribution in [2.45, 2.75) is 19.0 Å². The van der Waals surface area contributed by atoms with Crippen molar-refractivity contribution in [3.63, 3.8) is 0 Å². The van der Waals surface area contributed by atoms with Gasteiger partial charge in [0.05, 0.1) is 0 Å². The van der Waals surface area contributed by atoms with Gasteiger partial charge in [-0.05, 0) is 36.0 Å². The minimum atomic E-state index is 0.979. The third kappa shape index (κ3) is 9.42. The van der Waals surface area contributed by atoms with E-state index in [-0.39, 0.29) is 0 Å². The summed E-state index contributed by atoms with van der Waals surface area (Å²) in [5.41, 5.74) is 0. The van der Waals surface area contributed by atoms with Crippen LogP contribution in [-0.2, 0) is 0 Å². The van der Waals surface area contributed by atoms with Crippen molar-refractivity contribution in [2.24, 2.45) is 0 Å². The van der Waals surface area contributed by atoms with Crippen LogP contribution in [0, 0.1) is 0 Å². The molecule has 0 saturated carbocycles. The van der Waals surface area contributed by atoms with Crippen molar-refractivity contribution in [1.29, 1.82) is 0 Å². The van der Waals surface area contributed by atoms with Crippen LogP contribution in [0.3, 0.4) is 0 Å². The summed E-state index contributed by atoms with van der Waals surface area (Å²) in [7, 11) is 0. The van der Waals surface area contributed by atoms with E-state index in [4.69, 9.17) is 0 Å². The molecule has 0 aromatic rings. The Labute approximate surface area is 96.9 Å². The fraction of sp³-hybridized carbons (Fsp3) is 1.00. The molecule has 13 heavy (non-hydrogen) atoms. The van der Waals surface area contributed by atoms with E-state index in [2.05, 4.69) is 18.8 Å². The molecule has 0 N–H and O–H groups in total. The predicted octanol–water partition coefficient (Wildman–Crippen LogP) is 3.57. The summed E-state index contributed by atoms with van der Waals surface area (Å²) in [6.07, 6.45) is 10.9. The quantitative estimate of drug-likeness (QED) is 0.562. The minimum Gasteiger partial charge on any atom is -0.166 e. The van der Waals surface area contributed by atoms with Crippen molar-refractivity contribution in [1.82, 2.24) is 0 Å². The lowest BCUT2D eigenvalue weighted by molar-refractivity contribution is 1.26. The van der Waals surface area contributed by atoms with Crippen molar-refractivity contribution < 1.29 is 0 Å². The third-order valence-corrected chi connectivity index (χ3v) is 4.12. The lowest BCUT2D eigenvalue weighted by Gasteiger charge is -2.11. The molecule has 0 bridgehead atoms. The Kier molecular flexibility index (Phi) is 12.2. The molecule has 0 rings (SSSR count). The molecule has 0 saturated heterocycles. The molecule has 0 aromatic carbocycles. The van der Waals surface area contributed by atoms with Crippen LogP contribution in [0.1, 0.15) is 0 Å². The zero-order valence-electron chi connectivity index (χ0n) is 9.04. The van der Waals surface area contributed by atoms with E-state index >= 15 is 0 Å². The van der Waals surface area contributed by atoms with Gasteiger partial charge in [-0.3, -0.25) is 0 Å². The standard InChI is InChI=1S/C9H21BS3/c1-11-7-4-10(5-8-12-2)6-9-13-3/h4-9H2,1-3H3. The summed E-state index contributed by atoms with van der Waals surface area (Å²) in [6.45, 7) is 0.979. The average molecular weight is 236 g/mol. The van der Waals surface area contributed by atoms with E-state index in [1.54, 1.807) is 0 Å². The fourth-order valence-electron chi connectivity index (χ4n) is 1.29. The third-order valence-electron chi connectivity index (χ3n) is 2.19.